The fourth-order valence-electron chi connectivity index (χ4n) is 2.31. The lowest BCUT2D eigenvalue weighted by atomic mass is 10.0. The summed E-state index contributed by atoms with van der Waals surface area (Å²) in [5.74, 6) is -0.675. The number of fused-ring (bicyclic) bond motifs is 1. The summed E-state index contributed by atoms with van der Waals surface area (Å²) in [5, 5.41) is 9.79. The Bertz CT molecular complexity index is 580. The SMILES string of the molecule is O=C(O)CC1CCc2sc(-c3ccccn3)nc21. The third-order valence-electron chi connectivity index (χ3n) is 3.14. The van der Waals surface area contributed by atoms with Gasteiger partial charge in [0.1, 0.15) is 5.01 Å². The summed E-state index contributed by atoms with van der Waals surface area (Å²) in [6.07, 6.45) is 3.77. The number of hydrogen-bond donors (Lipinski definition) is 1. The van der Waals surface area contributed by atoms with Crippen molar-refractivity contribution in [3.63, 3.8) is 0 Å². The van der Waals surface area contributed by atoms with E-state index in [2.05, 4.69) is 9.97 Å². The number of rotatable bonds is 3. The summed E-state index contributed by atoms with van der Waals surface area (Å²) in [7, 11) is 0. The Morgan fingerprint density at radius 2 is 2.39 bits per heavy atom. The fourth-order valence-corrected chi connectivity index (χ4v) is 3.45. The Hall–Kier alpha value is -1.75. The molecule has 0 aliphatic heterocycles. The number of aryl methyl sites for hydroxylation is 1. The lowest BCUT2D eigenvalue weighted by Crippen LogP contribution is -2.03. The maximum atomic E-state index is 10.8. The third-order valence-corrected chi connectivity index (χ3v) is 4.29. The summed E-state index contributed by atoms with van der Waals surface area (Å²) >= 11 is 1.64. The van der Waals surface area contributed by atoms with Crippen LogP contribution >= 0.6 is 11.3 Å². The molecule has 3 rings (SSSR count). The fraction of sp³-hybridized carbons (Fsp3) is 0.308. The highest BCUT2D eigenvalue weighted by Gasteiger charge is 2.29. The van der Waals surface area contributed by atoms with Crippen LogP contribution in [0.5, 0.6) is 0 Å². The van der Waals surface area contributed by atoms with E-state index in [0.717, 1.165) is 29.2 Å². The molecule has 92 valence electrons. The van der Waals surface area contributed by atoms with Gasteiger partial charge in [0.25, 0.3) is 0 Å². The normalized spacial score (nSPS) is 17.7. The Morgan fingerprint density at radius 1 is 1.50 bits per heavy atom. The molecule has 1 aliphatic carbocycles. The molecule has 0 amide bonds. The average molecular weight is 260 g/mol. The van der Waals surface area contributed by atoms with Gasteiger partial charge in [0.15, 0.2) is 0 Å². The first kappa shape index (κ1) is 11.3. The van der Waals surface area contributed by atoms with Crippen molar-refractivity contribution in [3.8, 4) is 10.7 Å². The molecule has 1 aliphatic rings. The van der Waals surface area contributed by atoms with Crippen molar-refractivity contribution in [1.29, 1.82) is 0 Å². The molecule has 4 nitrogen and oxygen atoms in total. The van der Waals surface area contributed by atoms with Crippen molar-refractivity contribution in [2.45, 2.75) is 25.2 Å². The highest BCUT2D eigenvalue weighted by molar-refractivity contribution is 7.15. The van der Waals surface area contributed by atoms with E-state index in [0.29, 0.717) is 0 Å². The first-order valence-electron chi connectivity index (χ1n) is 5.87. The molecule has 18 heavy (non-hydrogen) atoms. The number of pyridine rings is 1. The number of nitrogens with zero attached hydrogens (tertiary/aromatic N) is 2. The monoisotopic (exact) mass is 260 g/mol. The van der Waals surface area contributed by atoms with Crippen LogP contribution in [0.3, 0.4) is 0 Å². The third kappa shape index (κ3) is 2.01. The molecular weight excluding hydrogens is 248 g/mol. The predicted octanol–water partition coefficient (Wildman–Crippen LogP) is 2.71. The molecule has 0 radical (unpaired) electrons. The van der Waals surface area contributed by atoms with Crippen LogP contribution in [0.15, 0.2) is 24.4 Å². The van der Waals surface area contributed by atoms with E-state index in [-0.39, 0.29) is 12.3 Å². The lowest BCUT2D eigenvalue weighted by molar-refractivity contribution is -0.137. The van der Waals surface area contributed by atoms with Crippen molar-refractivity contribution >= 4 is 17.3 Å². The van der Waals surface area contributed by atoms with Gasteiger partial charge in [-0.25, -0.2) is 4.98 Å². The quantitative estimate of drug-likeness (QED) is 0.921. The molecule has 0 spiro atoms. The molecule has 0 fully saturated rings. The average Bonchev–Trinajstić information content (AvgIpc) is 2.92. The molecule has 0 saturated heterocycles. The lowest BCUT2D eigenvalue weighted by Gasteiger charge is -2.04. The van der Waals surface area contributed by atoms with Gasteiger partial charge in [0.2, 0.25) is 0 Å². The van der Waals surface area contributed by atoms with Crippen molar-refractivity contribution in [1.82, 2.24) is 9.97 Å². The maximum Gasteiger partial charge on any atom is 0.304 e. The molecule has 5 heteroatoms. The molecule has 0 bridgehead atoms. The van der Waals surface area contributed by atoms with E-state index in [1.165, 1.54) is 4.88 Å². The first-order chi connectivity index (χ1) is 8.74. The molecule has 1 unspecified atom stereocenters. The molecule has 2 aromatic rings. The van der Waals surface area contributed by atoms with E-state index in [1.807, 2.05) is 18.2 Å². The summed E-state index contributed by atoms with van der Waals surface area (Å²) in [4.78, 5) is 20.9. The Kier molecular flexibility index (Phi) is 2.83. The van der Waals surface area contributed by atoms with Crippen molar-refractivity contribution in [3.05, 3.63) is 35.0 Å². The molecule has 1 atom stereocenters. The summed E-state index contributed by atoms with van der Waals surface area (Å²) in [5.41, 5.74) is 1.84. The zero-order valence-electron chi connectivity index (χ0n) is 9.67. The van der Waals surface area contributed by atoms with Crippen LogP contribution < -0.4 is 0 Å². The van der Waals surface area contributed by atoms with Crippen LogP contribution in [0, 0.1) is 0 Å². The van der Waals surface area contributed by atoms with E-state index in [4.69, 9.17) is 5.11 Å². The molecule has 0 saturated carbocycles. The van der Waals surface area contributed by atoms with Crippen molar-refractivity contribution in [2.24, 2.45) is 0 Å². The van der Waals surface area contributed by atoms with Crippen molar-refractivity contribution < 1.29 is 9.90 Å². The van der Waals surface area contributed by atoms with Crippen LogP contribution in [0.25, 0.3) is 10.7 Å². The largest absolute Gasteiger partial charge is 0.481 e. The second-order valence-electron chi connectivity index (χ2n) is 4.38. The number of thiazole rings is 1. The van der Waals surface area contributed by atoms with E-state index in [9.17, 15) is 4.79 Å². The molecule has 0 aromatic carbocycles. The van der Waals surface area contributed by atoms with Gasteiger partial charge in [0, 0.05) is 17.0 Å². The number of aliphatic carboxylic acids is 1. The second-order valence-corrected chi connectivity index (χ2v) is 5.46. The molecular formula is C13H12N2O2S. The van der Waals surface area contributed by atoms with Gasteiger partial charge in [0.05, 0.1) is 17.8 Å². The van der Waals surface area contributed by atoms with Gasteiger partial charge in [-0.15, -0.1) is 11.3 Å². The second kappa shape index (κ2) is 4.49. The zero-order chi connectivity index (χ0) is 12.5. The predicted molar refractivity (Wildman–Crippen MR) is 68.7 cm³/mol. The minimum atomic E-state index is -0.750. The molecule has 1 N–H and O–H groups in total. The summed E-state index contributed by atoms with van der Waals surface area (Å²) in [6.45, 7) is 0. The smallest absolute Gasteiger partial charge is 0.304 e. The minimum Gasteiger partial charge on any atom is -0.481 e. The summed E-state index contributed by atoms with van der Waals surface area (Å²) < 4.78 is 0. The number of carboxylic acids is 1. The number of carboxylic acid groups (broad SMARTS) is 1. The van der Waals surface area contributed by atoms with Gasteiger partial charge < -0.3 is 5.11 Å². The number of hydrogen-bond acceptors (Lipinski definition) is 4. The van der Waals surface area contributed by atoms with E-state index in [1.54, 1.807) is 17.5 Å². The highest BCUT2D eigenvalue weighted by atomic mass is 32.1. The van der Waals surface area contributed by atoms with Crippen LogP contribution in [0.2, 0.25) is 0 Å². The minimum absolute atomic E-state index is 0.0752. The van der Waals surface area contributed by atoms with Gasteiger partial charge in [-0.1, -0.05) is 6.07 Å². The van der Waals surface area contributed by atoms with E-state index >= 15 is 0 Å². The Labute approximate surface area is 108 Å². The van der Waals surface area contributed by atoms with E-state index < -0.39 is 5.97 Å². The van der Waals surface area contributed by atoms with Crippen LogP contribution in [-0.4, -0.2) is 21.0 Å². The first-order valence-corrected chi connectivity index (χ1v) is 6.68. The summed E-state index contributed by atoms with van der Waals surface area (Å²) in [6, 6.07) is 5.74. The number of aromatic nitrogens is 2. The van der Waals surface area contributed by atoms with Gasteiger partial charge in [-0.05, 0) is 25.0 Å². The van der Waals surface area contributed by atoms with Crippen LogP contribution in [0.1, 0.15) is 29.3 Å². The number of carbonyl (C=O) groups is 1. The topological polar surface area (TPSA) is 63.1 Å². The van der Waals surface area contributed by atoms with Gasteiger partial charge in [-0.3, -0.25) is 9.78 Å². The van der Waals surface area contributed by atoms with Crippen LogP contribution in [0.4, 0.5) is 0 Å². The Balaban J connectivity index is 1.92. The molecule has 2 heterocycles. The Morgan fingerprint density at radius 3 is 3.11 bits per heavy atom. The van der Waals surface area contributed by atoms with Gasteiger partial charge >= 0.3 is 5.97 Å². The maximum absolute atomic E-state index is 10.8. The van der Waals surface area contributed by atoms with Crippen molar-refractivity contribution in [2.75, 3.05) is 0 Å². The zero-order valence-corrected chi connectivity index (χ0v) is 10.5. The highest BCUT2D eigenvalue weighted by Crippen LogP contribution is 2.40. The standard InChI is InChI=1S/C13H12N2O2S/c16-11(17)7-8-4-5-10-12(8)15-13(18-10)9-3-1-2-6-14-9/h1-3,6,8H,4-5,7H2,(H,16,17). The molecule has 2 aromatic heterocycles. The van der Waals surface area contributed by atoms with Gasteiger partial charge in [-0.2, -0.15) is 0 Å². The van der Waals surface area contributed by atoms with Crippen LogP contribution in [-0.2, 0) is 11.2 Å².